The van der Waals surface area contributed by atoms with Crippen molar-refractivity contribution in [3.8, 4) is 44.7 Å². The summed E-state index contributed by atoms with van der Waals surface area (Å²) in [5.74, 6) is 0.877. The maximum absolute atomic E-state index is 6.02. The first-order valence-electron chi connectivity index (χ1n) is 17.6. The van der Waals surface area contributed by atoms with Gasteiger partial charge in [-0.2, -0.15) is 0 Å². The van der Waals surface area contributed by atoms with E-state index in [1.165, 1.54) is 91.9 Å². The Kier molecular flexibility index (Phi) is 6.40. The Labute approximate surface area is 304 Å². The van der Waals surface area contributed by atoms with Crippen LogP contribution in [0.5, 0.6) is 0 Å². The summed E-state index contributed by atoms with van der Waals surface area (Å²) in [5.41, 5.74) is 8.52. The molecule has 11 aromatic rings. The lowest BCUT2D eigenvalue weighted by Gasteiger charge is -2.18. The van der Waals surface area contributed by atoms with Crippen molar-refractivity contribution in [1.82, 2.24) is 0 Å². The highest BCUT2D eigenvalue weighted by Crippen LogP contribution is 2.49. The highest BCUT2D eigenvalue weighted by Gasteiger charge is 2.22. The van der Waals surface area contributed by atoms with Crippen LogP contribution in [0.4, 0.5) is 0 Å². The summed E-state index contributed by atoms with van der Waals surface area (Å²) in [5, 5.41) is 12.2. The predicted octanol–water partition coefficient (Wildman–Crippen LogP) is 14.5. The molecular weight excluding hydrogens is 649 g/mol. The molecule has 0 aliphatic heterocycles. The number of hydrogen-bond donors (Lipinski definition) is 0. The molecule has 0 unspecified atom stereocenters. The minimum Gasteiger partial charge on any atom is -0.464 e. The number of fused-ring (bicyclic) bond motifs is 7. The summed E-state index contributed by atoms with van der Waals surface area (Å²) < 4.78 is 8.37. The lowest BCUT2D eigenvalue weighted by Crippen LogP contribution is -1.91. The van der Waals surface area contributed by atoms with Gasteiger partial charge in [0.25, 0.3) is 0 Å². The van der Waals surface area contributed by atoms with E-state index in [0.717, 1.165) is 16.0 Å². The molecule has 9 aromatic carbocycles. The van der Waals surface area contributed by atoms with Gasteiger partial charge in [0.15, 0.2) is 0 Å². The largest absolute Gasteiger partial charge is 0.464 e. The molecule has 2 aromatic heterocycles. The van der Waals surface area contributed by atoms with Gasteiger partial charge < -0.3 is 4.42 Å². The first-order chi connectivity index (χ1) is 25.8. The van der Waals surface area contributed by atoms with Crippen molar-refractivity contribution in [2.75, 3.05) is 0 Å². The molecule has 0 amide bonds. The zero-order valence-electron chi connectivity index (χ0n) is 28.0. The van der Waals surface area contributed by atoms with E-state index in [2.05, 4.69) is 170 Å². The van der Waals surface area contributed by atoms with E-state index in [1.54, 1.807) is 17.6 Å². The van der Waals surface area contributed by atoms with Crippen LogP contribution in [0.25, 0.3) is 108 Å². The van der Waals surface area contributed by atoms with Crippen LogP contribution in [-0.2, 0) is 0 Å². The van der Waals surface area contributed by atoms with E-state index in [9.17, 15) is 0 Å². The van der Waals surface area contributed by atoms with Crippen LogP contribution in [0.1, 0.15) is 0 Å². The van der Waals surface area contributed by atoms with Gasteiger partial charge in [-0.15, -0.1) is 11.3 Å². The van der Waals surface area contributed by atoms with Crippen LogP contribution in [0.2, 0.25) is 0 Å². The third-order valence-electron chi connectivity index (χ3n) is 10.6. The number of thiophene rings is 1. The average Bonchev–Trinajstić information content (AvgIpc) is 3.87. The van der Waals surface area contributed by atoms with Crippen molar-refractivity contribution in [3.63, 3.8) is 0 Å². The quantitative estimate of drug-likeness (QED) is 0.169. The van der Waals surface area contributed by atoms with Gasteiger partial charge in [0, 0.05) is 26.6 Å². The summed E-state index contributed by atoms with van der Waals surface area (Å²) in [6, 6.07) is 66.1. The highest BCUT2D eigenvalue weighted by atomic mass is 32.1. The van der Waals surface area contributed by atoms with Crippen LogP contribution in [0.3, 0.4) is 0 Å². The Bertz CT molecular complexity index is 3050. The molecule has 1 nitrogen and oxygen atoms in total. The number of benzene rings is 8. The van der Waals surface area contributed by atoms with Crippen LogP contribution in [-0.4, -0.2) is 0 Å². The second-order valence-corrected chi connectivity index (χ2v) is 14.4. The Hall–Kier alpha value is -6.66. The van der Waals surface area contributed by atoms with Gasteiger partial charge >= 0.3 is 0 Å². The number of furan rings is 1. The van der Waals surface area contributed by atoms with E-state index in [0.29, 0.717) is 0 Å². The van der Waals surface area contributed by atoms with E-state index >= 15 is 0 Å². The fraction of sp³-hybridized carbons (Fsp3) is 0. The summed E-state index contributed by atoms with van der Waals surface area (Å²) in [7, 11) is 0. The molecule has 0 radical (unpaired) electrons. The molecule has 0 atom stereocenters. The summed E-state index contributed by atoms with van der Waals surface area (Å²) in [6.07, 6.45) is 1.76. The van der Waals surface area contributed by atoms with Gasteiger partial charge in [0.2, 0.25) is 0 Å². The molecule has 0 bridgehead atoms. The molecule has 0 saturated heterocycles. The molecule has 0 fully saturated rings. The van der Waals surface area contributed by atoms with E-state index in [1.807, 2.05) is 6.07 Å². The average molecular weight is 677 g/mol. The molecule has 52 heavy (non-hydrogen) atoms. The number of hydrogen-bond acceptors (Lipinski definition) is 2. The van der Waals surface area contributed by atoms with Gasteiger partial charge in [0.1, 0.15) is 5.76 Å². The Balaban J connectivity index is 1.19. The molecule has 0 spiro atoms. The van der Waals surface area contributed by atoms with E-state index in [-0.39, 0.29) is 0 Å². The Morgan fingerprint density at radius 1 is 0.423 bits per heavy atom. The van der Waals surface area contributed by atoms with Crippen molar-refractivity contribution in [2.45, 2.75) is 0 Å². The lowest BCUT2D eigenvalue weighted by molar-refractivity contribution is 0.583. The maximum Gasteiger partial charge on any atom is 0.135 e. The van der Waals surface area contributed by atoms with Gasteiger partial charge in [-0.05, 0) is 95.2 Å². The minimum atomic E-state index is 0.877. The fourth-order valence-electron chi connectivity index (χ4n) is 8.51. The second-order valence-electron chi connectivity index (χ2n) is 13.4. The standard InChI is InChI=1S/C50H28OS/c1-2-14-31(15-3-1)46-33-16-4-6-18-35(33)47(36-19-7-5-17-34(36)46)32-27-28-41-45(30-32)52-44-26-12-24-42(50(41)44)48-37-20-8-10-22-39(37)49(43-25-13-29-51-43)40-23-11-9-21-38(40)48/h1-11,13-25,27-30H. The topological polar surface area (TPSA) is 13.1 Å². The molecule has 0 aliphatic rings. The Morgan fingerprint density at radius 3 is 1.50 bits per heavy atom. The Morgan fingerprint density at radius 2 is 0.942 bits per heavy atom. The molecule has 0 saturated carbocycles. The fourth-order valence-corrected chi connectivity index (χ4v) is 9.63. The van der Waals surface area contributed by atoms with Crippen molar-refractivity contribution < 1.29 is 4.42 Å². The summed E-state index contributed by atoms with van der Waals surface area (Å²) in [4.78, 5) is 0. The van der Waals surface area contributed by atoms with E-state index in [4.69, 9.17) is 4.42 Å². The van der Waals surface area contributed by atoms with Crippen LogP contribution < -0.4 is 0 Å². The minimum absolute atomic E-state index is 0.877. The molecule has 2 heterocycles. The smallest absolute Gasteiger partial charge is 0.135 e. The van der Waals surface area contributed by atoms with Crippen LogP contribution in [0.15, 0.2) is 174 Å². The monoisotopic (exact) mass is 676 g/mol. The van der Waals surface area contributed by atoms with Gasteiger partial charge in [-0.1, -0.05) is 152 Å². The molecule has 0 aliphatic carbocycles. The summed E-state index contributed by atoms with van der Waals surface area (Å²) in [6.45, 7) is 0. The van der Waals surface area contributed by atoms with Crippen LogP contribution in [0, 0.1) is 12.1 Å². The first-order valence-corrected chi connectivity index (χ1v) is 18.4. The van der Waals surface area contributed by atoms with Crippen molar-refractivity contribution >= 4 is 74.6 Å². The van der Waals surface area contributed by atoms with Crippen molar-refractivity contribution in [3.05, 3.63) is 182 Å². The zero-order chi connectivity index (χ0) is 34.2. The van der Waals surface area contributed by atoms with Gasteiger partial charge in [-0.3, -0.25) is 0 Å². The molecule has 2 heteroatoms. The molecule has 11 rings (SSSR count). The van der Waals surface area contributed by atoms with Crippen molar-refractivity contribution in [2.24, 2.45) is 0 Å². The van der Waals surface area contributed by atoms with Crippen molar-refractivity contribution in [1.29, 1.82) is 0 Å². The van der Waals surface area contributed by atoms with Crippen LogP contribution >= 0.6 is 11.3 Å². The van der Waals surface area contributed by atoms with Gasteiger partial charge in [-0.25, -0.2) is 0 Å². The zero-order valence-corrected chi connectivity index (χ0v) is 28.8. The summed E-state index contributed by atoms with van der Waals surface area (Å²) >= 11 is 1.80. The first kappa shape index (κ1) is 29.1. The third kappa shape index (κ3) is 4.24. The van der Waals surface area contributed by atoms with Gasteiger partial charge in [0.05, 0.1) is 11.0 Å². The molecule has 240 valence electrons. The van der Waals surface area contributed by atoms with E-state index < -0.39 is 0 Å². The maximum atomic E-state index is 6.02. The number of rotatable bonds is 4. The molecular formula is C50H28OS. The lowest BCUT2D eigenvalue weighted by atomic mass is 9.85. The third-order valence-corrected chi connectivity index (χ3v) is 11.7. The second kappa shape index (κ2) is 11.4. The predicted molar refractivity (Wildman–Crippen MR) is 221 cm³/mol. The SMILES string of the molecule is c1cc(-c2c3ccccc3c(-c3ccco3)c3ccccc23)c2c(c#1)sc1cc(-c3c4ccccc4c(-c4ccccc4)c4ccccc34)ccc12. The highest BCUT2D eigenvalue weighted by molar-refractivity contribution is 7.25. The normalized spacial score (nSPS) is 11.7. The molecule has 0 N–H and O–H groups in total.